The van der Waals surface area contributed by atoms with Crippen molar-refractivity contribution in [3.05, 3.63) is 59.5 Å². The Morgan fingerprint density at radius 3 is 2.73 bits per heavy atom. The summed E-state index contributed by atoms with van der Waals surface area (Å²) in [6.07, 6.45) is 0. The largest absolute Gasteiger partial charge is 0.441 e. The first kappa shape index (κ1) is 14.6. The highest BCUT2D eigenvalue weighted by Gasteiger charge is 2.13. The Hall–Kier alpha value is -2.34. The molecule has 0 aliphatic rings. The van der Waals surface area contributed by atoms with E-state index in [2.05, 4.69) is 9.71 Å². The molecule has 0 unspecified atom stereocenters. The maximum atomic E-state index is 12.3. The van der Waals surface area contributed by atoms with Gasteiger partial charge in [0.2, 0.25) is 10.0 Å². The summed E-state index contributed by atoms with van der Waals surface area (Å²) in [5.74, 6) is 0.486. The van der Waals surface area contributed by atoms with E-state index < -0.39 is 10.0 Å². The average Bonchev–Trinajstić information content (AvgIpc) is 2.77. The SMILES string of the molecule is Cc1cccc(CS(=O)(=O)Nc2ccc3oc(C)nc3c2)c1. The standard InChI is InChI=1S/C16H16N2O3S/c1-11-4-3-5-13(8-11)10-22(19,20)18-14-6-7-16-15(9-14)17-12(2)21-16/h3-9,18H,10H2,1-2H3. The van der Waals surface area contributed by atoms with Crippen molar-refractivity contribution in [2.24, 2.45) is 0 Å². The van der Waals surface area contributed by atoms with Crippen molar-refractivity contribution in [3.8, 4) is 0 Å². The molecular weight excluding hydrogens is 300 g/mol. The van der Waals surface area contributed by atoms with Gasteiger partial charge in [0.15, 0.2) is 11.5 Å². The van der Waals surface area contributed by atoms with Crippen LogP contribution >= 0.6 is 0 Å². The van der Waals surface area contributed by atoms with Crippen LogP contribution in [0.25, 0.3) is 11.1 Å². The van der Waals surface area contributed by atoms with Gasteiger partial charge in [-0.15, -0.1) is 0 Å². The second kappa shape index (κ2) is 5.46. The molecule has 0 aliphatic heterocycles. The topological polar surface area (TPSA) is 72.2 Å². The van der Waals surface area contributed by atoms with Crippen molar-refractivity contribution < 1.29 is 12.8 Å². The van der Waals surface area contributed by atoms with Gasteiger partial charge >= 0.3 is 0 Å². The highest BCUT2D eigenvalue weighted by Crippen LogP contribution is 2.21. The highest BCUT2D eigenvalue weighted by molar-refractivity contribution is 7.91. The quantitative estimate of drug-likeness (QED) is 0.801. The van der Waals surface area contributed by atoms with Gasteiger partial charge in [-0.25, -0.2) is 13.4 Å². The lowest BCUT2D eigenvalue weighted by molar-refractivity contribution is 0.561. The zero-order valence-corrected chi connectivity index (χ0v) is 13.1. The van der Waals surface area contributed by atoms with Crippen molar-refractivity contribution in [1.82, 2.24) is 4.98 Å². The summed E-state index contributed by atoms with van der Waals surface area (Å²) in [7, 11) is -3.47. The molecule has 1 heterocycles. The van der Waals surface area contributed by atoms with Gasteiger partial charge in [0, 0.05) is 6.92 Å². The third-order valence-corrected chi connectivity index (χ3v) is 4.47. The molecule has 0 saturated heterocycles. The molecule has 6 heteroatoms. The van der Waals surface area contributed by atoms with Gasteiger partial charge in [0.05, 0.1) is 11.4 Å². The molecule has 0 saturated carbocycles. The Balaban J connectivity index is 1.83. The smallest absolute Gasteiger partial charge is 0.236 e. The molecule has 5 nitrogen and oxygen atoms in total. The second-order valence-corrected chi connectivity index (χ2v) is 6.99. The minimum absolute atomic E-state index is 0.0649. The van der Waals surface area contributed by atoms with Gasteiger partial charge in [-0.1, -0.05) is 29.8 Å². The molecule has 1 aromatic heterocycles. The molecule has 0 radical (unpaired) electrons. The Kier molecular flexibility index (Phi) is 3.62. The van der Waals surface area contributed by atoms with Crippen molar-refractivity contribution in [2.45, 2.75) is 19.6 Å². The number of rotatable bonds is 4. The lowest BCUT2D eigenvalue weighted by atomic mass is 10.2. The number of oxazole rings is 1. The minimum atomic E-state index is -3.47. The second-order valence-electron chi connectivity index (χ2n) is 5.27. The van der Waals surface area contributed by atoms with Crippen LogP contribution < -0.4 is 4.72 Å². The van der Waals surface area contributed by atoms with Crippen LogP contribution in [0.1, 0.15) is 17.0 Å². The molecule has 0 bridgehead atoms. The van der Waals surface area contributed by atoms with E-state index in [1.807, 2.05) is 25.1 Å². The van der Waals surface area contributed by atoms with Gasteiger partial charge in [-0.3, -0.25) is 4.72 Å². The van der Waals surface area contributed by atoms with E-state index in [1.165, 1.54) is 0 Å². The van der Waals surface area contributed by atoms with Crippen molar-refractivity contribution in [3.63, 3.8) is 0 Å². The number of aromatic nitrogens is 1. The molecule has 0 aliphatic carbocycles. The predicted molar refractivity (Wildman–Crippen MR) is 86.2 cm³/mol. The molecule has 0 fully saturated rings. The summed E-state index contributed by atoms with van der Waals surface area (Å²) in [6, 6.07) is 12.5. The number of nitrogens with zero attached hydrogens (tertiary/aromatic N) is 1. The van der Waals surface area contributed by atoms with Gasteiger partial charge < -0.3 is 4.42 Å². The van der Waals surface area contributed by atoms with E-state index in [0.717, 1.165) is 11.1 Å². The molecule has 22 heavy (non-hydrogen) atoms. The average molecular weight is 316 g/mol. The first-order chi connectivity index (χ1) is 10.4. The maximum Gasteiger partial charge on any atom is 0.236 e. The summed E-state index contributed by atoms with van der Waals surface area (Å²) in [5.41, 5.74) is 3.54. The summed E-state index contributed by atoms with van der Waals surface area (Å²) in [6.45, 7) is 3.69. The Morgan fingerprint density at radius 2 is 1.95 bits per heavy atom. The van der Waals surface area contributed by atoms with Crippen LogP contribution in [0.5, 0.6) is 0 Å². The number of sulfonamides is 1. The van der Waals surface area contributed by atoms with Crippen LogP contribution in [0.2, 0.25) is 0 Å². The molecular formula is C16H16N2O3S. The van der Waals surface area contributed by atoms with Crippen LogP contribution in [0.4, 0.5) is 5.69 Å². The zero-order chi connectivity index (χ0) is 15.7. The van der Waals surface area contributed by atoms with Crippen molar-refractivity contribution >= 4 is 26.8 Å². The molecule has 0 spiro atoms. The lowest BCUT2D eigenvalue weighted by Crippen LogP contribution is -2.15. The molecule has 0 amide bonds. The zero-order valence-electron chi connectivity index (χ0n) is 12.3. The van der Waals surface area contributed by atoms with Gasteiger partial charge in [0.25, 0.3) is 0 Å². The third kappa shape index (κ3) is 3.28. The molecule has 114 valence electrons. The van der Waals surface area contributed by atoms with E-state index in [9.17, 15) is 8.42 Å². The molecule has 0 atom stereocenters. The first-order valence-corrected chi connectivity index (χ1v) is 8.50. The number of nitrogens with one attached hydrogen (secondary N) is 1. The van der Waals surface area contributed by atoms with Crippen LogP contribution in [-0.4, -0.2) is 13.4 Å². The van der Waals surface area contributed by atoms with Crippen LogP contribution in [0.3, 0.4) is 0 Å². The van der Waals surface area contributed by atoms with Crippen molar-refractivity contribution in [1.29, 1.82) is 0 Å². The van der Waals surface area contributed by atoms with E-state index in [1.54, 1.807) is 31.2 Å². The number of hydrogen-bond donors (Lipinski definition) is 1. The van der Waals surface area contributed by atoms with E-state index in [0.29, 0.717) is 22.7 Å². The predicted octanol–water partition coefficient (Wildman–Crippen LogP) is 3.39. The number of benzene rings is 2. The van der Waals surface area contributed by atoms with E-state index >= 15 is 0 Å². The fourth-order valence-corrected chi connectivity index (χ4v) is 3.52. The molecule has 3 aromatic rings. The summed E-state index contributed by atoms with van der Waals surface area (Å²) >= 11 is 0. The van der Waals surface area contributed by atoms with Crippen LogP contribution in [-0.2, 0) is 15.8 Å². The summed E-state index contributed by atoms with van der Waals surface area (Å²) in [4.78, 5) is 4.20. The number of hydrogen-bond acceptors (Lipinski definition) is 4. The Bertz CT molecular complexity index is 929. The minimum Gasteiger partial charge on any atom is -0.441 e. The first-order valence-electron chi connectivity index (χ1n) is 6.84. The fourth-order valence-electron chi connectivity index (χ4n) is 2.34. The van der Waals surface area contributed by atoms with Gasteiger partial charge in [-0.2, -0.15) is 0 Å². The normalized spacial score (nSPS) is 11.7. The number of aryl methyl sites for hydroxylation is 2. The van der Waals surface area contributed by atoms with Crippen LogP contribution in [0, 0.1) is 13.8 Å². The third-order valence-electron chi connectivity index (χ3n) is 3.21. The maximum absolute atomic E-state index is 12.3. The fraction of sp³-hybridized carbons (Fsp3) is 0.188. The van der Waals surface area contributed by atoms with Gasteiger partial charge in [-0.05, 0) is 30.7 Å². The van der Waals surface area contributed by atoms with Crippen molar-refractivity contribution in [2.75, 3.05) is 4.72 Å². The molecule has 3 rings (SSSR count). The van der Waals surface area contributed by atoms with E-state index in [-0.39, 0.29) is 5.75 Å². The Morgan fingerprint density at radius 1 is 1.14 bits per heavy atom. The Labute approximate surface area is 129 Å². The highest BCUT2D eigenvalue weighted by atomic mass is 32.2. The lowest BCUT2D eigenvalue weighted by Gasteiger charge is -2.08. The summed E-state index contributed by atoms with van der Waals surface area (Å²) < 4.78 is 32.5. The van der Waals surface area contributed by atoms with E-state index in [4.69, 9.17) is 4.42 Å². The van der Waals surface area contributed by atoms with Gasteiger partial charge in [0.1, 0.15) is 5.52 Å². The summed E-state index contributed by atoms with van der Waals surface area (Å²) in [5, 5.41) is 0. The number of fused-ring (bicyclic) bond motifs is 1. The molecule has 2 aromatic carbocycles. The monoisotopic (exact) mass is 316 g/mol. The molecule has 1 N–H and O–H groups in total. The number of anilines is 1. The van der Waals surface area contributed by atoms with Crippen LogP contribution in [0.15, 0.2) is 46.9 Å².